The summed E-state index contributed by atoms with van der Waals surface area (Å²) < 4.78 is 0. The van der Waals surface area contributed by atoms with Crippen LogP contribution in [0, 0.1) is 0 Å². The summed E-state index contributed by atoms with van der Waals surface area (Å²) in [5, 5.41) is 10.7. The summed E-state index contributed by atoms with van der Waals surface area (Å²) in [6.45, 7) is 6.05. The second-order valence-electron chi connectivity index (χ2n) is 3.72. The fourth-order valence-electron chi connectivity index (χ4n) is 1.07. The molecule has 0 atom stereocenters. The van der Waals surface area contributed by atoms with Crippen LogP contribution < -0.4 is 0 Å². The summed E-state index contributed by atoms with van der Waals surface area (Å²) in [6, 6.07) is 1.88. The number of hydrogen-bond donors (Lipinski definition) is 1. The molecular weight excluding hydrogens is 172 g/mol. The summed E-state index contributed by atoms with van der Waals surface area (Å²) in [5.41, 5.74) is 0.841. The molecule has 66 valence electrons. The molecule has 0 saturated heterocycles. The number of carboxylic acids is 1. The minimum atomic E-state index is -0.824. The van der Waals surface area contributed by atoms with Gasteiger partial charge in [-0.2, -0.15) is 0 Å². The number of rotatable bonds is 1. The van der Waals surface area contributed by atoms with Gasteiger partial charge in [0.2, 0.25) is 0 Å². The van der Waals surface area contributed by atoms with Crippen LogP contribution >= 0.6 is 11.3 Å². The van der Waals surface area contributed by atoms with Crippen molar-refractivity contribution in [1.82, 2.24) is 0 Å². The fourth-order valence-corrected chi connectivity index (χ4v) is 2.01. The van der Waals surface area contributed by atoms with Gasteiger partial charge in [-0.1, -0.05) is 20.8 Å². The number of carbonyl (C=O) groups is 1. The van der Waals surface area contributed by atoms with Crippen LogP contribution in [0.3, 0.4) is 0 Å². The van der Waals surface area contributed by atoms with Gasteiger partial charge in [0.25, 0.3) is 0 Å². The molecule has 1 N–H and O–H groups in total. The summed E-state index contributed by atoms with van der Waals surface area (Å²) in [7, 11) is 0. The number of hydrogen-bond acceptors (Lipinski definition) is 2. The van der Waals surface area contributed by atoms with Crippen LogP contribution in [0.15, 0.2) is 11.4 Å². The Balaban J connectivity index is 3.17. The molecule has 3 heteroatoms. The van der Waals surface area contributed by atoms with Gasteiger partial charge in [0.05, 0.1) is 0 Å². The van der Waals surface area contributed by atoms with Crippen LogP contribution in [-0.4, -0.2) is 11.1 Å². The van der Waals surface area contributed by atoms with Crippen LogP contribution in [0.4, 0.5) is 0 Å². The van der Waals surface area contributed by atoms with Crippen LogP contribution in [0.5, 0.6) is 0 Å². The molecule has 1 rings (SSSR count). The van der Waals surface area contributed by atoms with Crippen LogP contribution in [-0.2, 0) is 5.41 Å². The summed E-state index contributed by atoms with van der Waals surface area (Å²) in [6.07, 6.45) is 0. The van der Waals surface area contributed by atoms with E-state index in [4.69, 9.17) is 5.11 Å². The standard InChI is InChI=1S/C9H12O2S/c1-9(2,3)6-4-5-12-7(6)8(10)11/h4-5H,1-3H3,(H,10,11). The van der Waals surface area contributed by atoms with Crippen molar-refractivity contribution >= 4 is 17.3 Å². The van der Waals surface area contributed by atoms with E-state index in [2.05, 4.69) is 0 Å². The van der Waals surface area contributed by atoms with Crippen LogP contribution in [0.2, 0.25) is 0 Å². The Morgan fingerprint density at radius 1 is 1.50 bits per heavy atom. The average molecular weight is 184 g/mol. The van der Waals surface area contributed by atoms with E-state index in [0.717, 1.165) is 5.56 Å². The van der Waals surface area contributed by atoms with Crippen molar-refractivity contribution in [3.05, 3.63) is 21.9 Å². The molecule has 0 saturated carbocycles. The second-order valence-corrected chi connectivity index (χ2v) is 4.63. The van der Waals surface area contributed by atoms with Gasteiger partial charge in [-0.15, -0.1) is 11.3 Å². The molecule has 0 amide bonds. The van der Waals surface area contributed by atoms with Crippen molar-refractivity contribution in [2.24, 2.45) is 0 Å². The molecule has 0 aliphatic rings. The largest absolute Gasteiger partial charge is 0.477 e. The highest BCUT2D eigenvalue weighted by Gasteiger charge is 2.22. The van der Waals surface area contributed by atoms with E-state index in [0.29, 0.717) is 4.88 Å². The minimum Gasteiger partial charge on any atom is -0.477 e. The van der Waals surface area contributed by atoms with Gasteiger partial charge in [0, 0.05) is 0 Å². The van der Waals surface area contributed by atoms with Crippen molar-refractivity contribution in [2.45, 2.75) is 26.2 Å². The average Bonchev–Trinajstić information content (AvgIpc) is 2.30. The number of thiophene rings is 1. The highest BCUT2D eigenvalue weighted by Crippen LogP contribution is 2.29. The first-order valence-corrected chi connectivity index (χ1v) is 4.62. The molecule has 0 bridgehead atoms. The molecule has 0 aliphatic heterocycles. The smallest absolute Gasteiger partial charge is 0.346 e. The Morgan fingerprint density at radius 2 is 2.08 bits per heavy atom. The molecule has 1 aromatic rings. The third-order valence-corrected chi connectivity index (χ3v) is 2.57. The SMILES string of the molecule is CC(C)(C)c1ccsc1C(=O)O. The molecule has 1 heterocycles. The van der Waals surface area contributed by atoms with E-state index in [9.17, 15) is 4.79 Å². The van der Waals surface area contributed by atoms with Crippen molar-refractivity contribution in [2.75, 3.05) is 0 Å². The maximum Gasteiger partial charge on any atom is 0.346 e. The fraction of sp³-hybridized carbons (Fsp3) is 0.444. The second kappa shape index (κ2) is 2.90. The third kappa shape index (κ3) is 1.67. The zero-order valence-corrected chi connectivity index (χ0v) is 8.23. The first kappa shape index (κ1) is 9.26. The predicted molar refractivity (Wildman–Crippen MR) is 50.0 cm³/mol. The van der Waals surface area contributed by atoms with E-state index in [1.807, 2.05) is 32.2 Å². The highest BCUT2D eigenvalue weighted by atomic mass is 32.1. The lowest BCUT2D eigenvalue weighted by molar-refractivity contribution is 0.0699. The minimum absolute atomic E-state index is 0.0757. The quantitative estimate of drug-likeness (QED) is 0.728. The van der Waals surface area contributed by atoms with Crippen LogP contribution in [0.1, 0.15) is 36.0 Å². The van der Waals surface area contributed by atoms with E-state index in [1.165, 1.54) is 11.3 Å². The zero-order valence-electron chi connectivity index (χ0n) is 7.42. The van der Waals surface area contributed by atoms with Gasteiger partial charge >= 0.3 is 5.97 Å². The first-order chi connectivity index (χ1) is 5.43. The molecule has 12 heavy (non-hydrogen) atoms. The monoisotopic (exact) mass is 184 g/mol. The van der Waals surface area contributed by atoms with E-state index in [-0.39, 0.29) is 5.41 Å². The Kier molecular flexibility index (Phi) is 2.24. The zero-order chi connectivity index (χ0) is 9.35. The van der Waals surface area contributed by atoms with Gasteiger partial charge in [-0.3, -0.25) is 0 Å². The lowest BCUT2D eigenvalue weighted by Crippen LogP contribution is -2.14. The van der Waals surface area contributed by atoms with Crippen LogP contribution in [0.25, 0.3) is 0 Å². The normalized spacial score (nSPS) is 11.6. The molecule has 0 aromatic carbocycles. The van der Waals surface area contributed by atoms with Gasteiger partial charge in [-0.25, -0.2) is 4.79 Å². The molecule has 0 unspecified atom stereocenters. The molecule has 0 fully saturated rings. The summed E-state index contributed by atoms with van der Waals surface area (Å²) in [5.74, 6) is -0.824. The highest BCUT2D eigenvalue weighted by molar-refractivity contribution is 7.12. The van der Waals surface area contributed by atoms with E-state index in [1.54, 1.807) is 0 Å². The van der Waals surface area contributed by atoms with Crippen molar-refractivity contribution in [3.8, 4) is 0 Å². The molecular formula is C9H12O2S. The van der Waals surface area contributed by atoms with Crippen molar-refractivity contribution in [3.63, 3.8) is 0 Å². The number of carboxylic acid groups (broad SMARTS) is 1. The van der Waals surface area contributed by atoms with Gasteiger partial charge < -0.3 is 5.11 Å². The Hall–Kier alpha value is -0.830. The molecule has 0 aliphatic carbocycles. The Bertz CT molecular complexity index is 294. The maximum atomic E-state index is 10.7. The van der Waals surface area contributed by atoms with Gasteiger partial charge in [0.15, 0.2) is 0 Å². The number of aromatic carboxylic acids is 1. The van der Waals surface area contributed by atoms with E-state index >= 15 is 0 Å². The van der Waals surface area contributed by atoms with E-state index < -0.39 is 5.97 Å². The Labute approximate surface area is 75.9 Å². The summed E-state index contributed by atoms with van der Waals surface area (Å²) in [4.78, 5) is 11.2. The van der Waals surface area contributed by atoms with Gasteiger partial charge in [0.1, 0.15) is 4.88 Å². The lowest BCUT2D eigenvalue weighted by Gasteiger charge is -2.17. The molecule has 0 spiro atoms. The third-order valence-electron chi connectivity index (χ3n) is 1.67. The molecule has 2 nitrogen and oxygen atoms in total. The molecule has 0 radical (unpaired) electrons. The van der Waals surface area contributed by atoms with Crippen molar-refractivity contribution < 1.29 is 9.90 Å². The lowest BCUT2D eigenvalue weighted by atomic mass is 9.87. The van der Waals surface area contributed by atoms with Crippen molar-refractivity contribution in [1.29, 1.82) is 0 Å². The Morgan fingerprint density at radius 3 is 2.42 bits per heavy atom. The van der Waals surface area contributed by atoms with Gasteiger partial charge in [-0.05, 0) is 22.4 Å². The topological polar surface area (TPSA) is 37.3 Å². The first-order valence-electron chi connectivity index (χ1n) is 3.74. The predicted octanol–water partition coefficient (Wildman–Crippen LogP) is 2.74. The summed E-state index contributed by atoms with van der Waals surface area (Å²) >= 11 is 1.28. The molecule has 1 aromatic heterocycles. The maximum absolute atomic E-state index is 10.7.